The molecule has 0 amide bonds. The molecule has 156 valence electrons. The van der Waals surface area contributed by atoms with Crippen LogP contribution in [0.1, 0.15) is 46.4 Å². The number of sulfonamides is 1. The second-order valence-electron chi connectivity index (χ2n) is 7.76. The Morgan fingerprint density at radius 3 is 2.66 bits per heavy atom. The minimum atomic E-state index is -3.55. The van der Waals surface area contributed by atoms with Crippen LogP contribution in [0.15, 0.2) is 23.1 Å². The van der Waals surface area contributed by atoms with Crippen LogP contribution in [0.2, 0.25) is 0 Å². The SMILES string of the molecule is COc1ccc(S(=O)(=O)N2CCCC(c3nc(C)n4c(C)c(C)sc34)C2)cc1C. The van der Waals surface area contributed by atoms with Crippen molar-refractivity contribution < 1.29 is 13.2 Å². The Bertz CT molecular complexity index is 1180. The molecule has 0 N–H and O–H groups in total. The average Bonchev–Trinajstić information content (AvgIpc) is 3.18. The van der Waals surface area contributed by atoms with E-state index in [4.69, 9.17) is 9.72 Å². The van der Waals surface area contributed by atoms with E-state index in [-0.39, 0.29) is 5.92 Å². The zero-order valence-electron chi connectivity index (χ0n) is 17.5. The normalized spacial score (nSPS) is 18.4. The average molecular weight is 434 g/mol. The van der Waals surface area contributed by atoms with E-state index in [1.54, 1.807) is 41.0 Å². The minimum Gasteiger partial charge on any atom is -0.496 e. The molecule has 2 aromatic heterocycles. The van der Waals surface area contributed by atoms with Gasteiger partial charge in [-0.15, -0.1) is 11.3 Å². The smallest absolute Gasteiger partial charge is 0.243 e. The number of aryl methyl sites for hydroxylation is 4. The highest BCUT2D eigenvalue weighted by molar-refractivity contribution is 7.89. The molecule has 1 atom stereocenters. The molecule has 1 aromatic carbocycles. The van der Waals surface area contributed by atoms with E-state index in [0.29, 0.717) is 23.7 Å². The van der Waals surface area contributed by atoms with Crippen LogP contribution in [0.25, 0.3) is 4.83 Å². The maximum Gasteiger partial charge on any atom is 0.243 e. The summed E-state index contributed by atoms with van der Waals surface area (Å²) < 4.78 is 35.7. The number of imidazole rings is 1. The molecule has 0 radical (unpaired) electrons. The van der Waals surface area contributed by atoms with Gasteiger partial charge in [0.1, 0.15) is 16.4 Å². The van der Waals surface area contributed by atoms with Gasteiger partial charge in [0.05, 0.1) is 17.7 Å². The fraction of sp³-hybridized carbons (Fsp3) is 0.476. The summed E-state index contributed by atoms with van der Waals surface area (Å²) in [7, 11) is -1.96. The number of benzene rings is 1. The van der Waals surface area contributed by atoms with Crippen molar-refractivity contribution in [3.05, 3.63) is 45.9 Å². The molecule has 0 bridgehead atoms. The number of hydrogen-bond acceptors (Lipinski definition) is 5. The van der Waals surface area contributed by atoms with Crippen LogP contribution < -0.4 is 4.74 Å². The van der Waals surface area contributed by atoms with Crippen molar-refractivity contribution in [2.45, 2.75) is 51.3 Å². The van der Waals surface area contributed by atoms with Crippen molar-refractivity contribution >= 4 is 26.2 Å². The number of nitrogens with zero attached hydrogens (tertiary/aromatic N) is 3. The predicted octanol–water partition coefficient (Wildman–Crippen LogP) is 4.21. The first-order chi connectivity index (χ1) is 13.7. The van der Waals surface area contributed by atoms with Gasteiger partial charge < -0.3 is 4.74 Å². The van der Waals surface area contributed by atoms with E-state index in [1.807, 2.05) is 13.8 Å². The number of hydrogen-bond donors (Lipinski definition) is 0. The maximum atomic E-state index is 13.3. The standard InChI is InChI=1S/C21H27N3O3S2/c1-13-11-18(8-9-19(13)27-5)29(25,26)23-10-6-7-17(12-23)20-21-24(16(4)22-20)14(2)15(3)28-21/h8-9,11,17H,6-7,10,12H2,1-5H3. The van der Waals surface area contributed by atoms with Crippen molar-refractivity contribution in [1.29, 1.82) is 0 Å². The second kappa shape index (κ2) is 7.41. The number of aromatic nitrogens is 2. The molecule has 0 spiro atoms. The Balaban J connectivity index is 1.67. The highest BCUT2D eigenvalue weighted by Crippen LogP contribution is 2.36. The molecule has 3 heterocycles. The first-order valence-electron chi connectivity index (χ1n) is 9.83. The predicted molar refractivity (Wildman–Crippen MR) is 116 cm³/mol. The number of piperidine rings is 1. The molecular weight excluding hydrogens is 406 g/mol. The van der Waals surface area contributed by atoms with Crippen LogP contribution in [0.3, 0.4) is 0 Å². The summed E-state index contributed by atoms with van der Waals surface area (Å²) >= 11 is 1.75. The van der Waals surface area contributed by atoms with Crippen LogP contribution in [-0.4, -0.2) is 42.3 Å². The second-order valence-corrected chi connectivity index (χ2v) is 10.9. The molecular formula is C21H27N3O3S2. The van der Waals surface area contributed by atoms with Crippen LogP contribution in [0.5, 0.6) is 5.75 Å². The van der Waals surface area contributed by atoms with Crippen molar-refractivity contribution in [1.82, 2.24) is 13.7 Å². The Hall–Kier alpha value is -1.90. The van der Waals surface area contributed by atoms with Crippen molar-refractivity contribution in [2.24, 2.45) is 0 Å². The van der Waals surface area contributed by atoms with Gasteiger partial charge >= 0.3 is 0 Å². The number of rotatable bonds is 4. The third-order valence-corrected chi connectivity index (χ3v) is 8.95. The molecule has 0 aliphatic carbocycles. The van der Waals surface area contributed by atoms with E-state index in [0.717, 1.165) is 34.8 Å². The van der Waals surface area contributed by atoms with Gasteiger partial charge in [-0.25, -0.2) is 13.4 Å². The summed E-state index contributed by atoms with van der Waals surface area (Å²) in [6.07, 6.45) is 1.79. The Morgan fingerprint density at radius 1 is 1.21 bits per heavy atom. The number of fused-ring (bicyclic) bond motifs is 1. The quantitative estimate of drug-likeness (QED) is 0.618. The summed E-state index contributed by atoms with van der Waals surface area (Å²) in [6.45, 7) is 9.13. The lowest BCUT2D eigenvalue weighted by molar-refractivity contribution is 0.314. The number of methoxy groups -OCH3 is 1. The fourth-order valence-corrected chi connectivity index (χ4v) is 7.03. The van der Waals surface area contributed by atoms with Gasteiger partial charge in [0.15, 0.2) is 0 Å². The third-order valence-electron chi connectivity index (χ3n) is 5.90. The molecule has 4 rings (SSSR count). The molecule has 29 heavy (non-hydrogen) atoms. The summed E-state index contributed by atoms with van der Waals surface area (Å²) in [6, 6.07) is 5.06. The summed E-state index contributed by atoms with van der Waals surface area (Å²) in [5, 5.41) is 0. The lowest BCUT2D eigenvalue weighted by Gasteiger charge is -2.31. The largest absolute Gasteiger partial charge is 0.496 e. The number of thiazole rings is 1. The van der Waals surface area contributed by atoms with E-state index < -0.39 is 10.0 Å². The van der Waals surface area contributed by atoms with Crippen molar-refractivity contribution in [2.75, 3.05) is 20.2 Å². The Labute approximate surface area is 176 Å². The molecule has 6 nitrogen and oxygen atoms in total. The molecule has 0 saturated carbocycles. The first kappa shape index (κ1) is 20.4. The highest BCUT2D eigenvalue weighted by Gasteiger charge is 2.33. The summed E-state index contributed by atoms with van der Waals surface area (Å²) in [5.41, 5.74) is 3.07. The van der Waals surface area contributed by atoms with Gasteiger partial charge in [-0.3, -0.25) is 4.40 Å². The summed E-state index contributed by atoms with van der Waals surface area (Å²) in [4.78, 5) is 7.59. The molecule has 3 aromatic rings. The van der Waals surface area contributed by atoms with Crippen LogP contribution in [-0.2, 0) is 10.0 Å². The van der Waals surface area contributed by atoms with Crippen molar-refractivity contribution in [3.8, 4) is 5.75 Å². The van der Waals surface area contributed by atoms with E-state index >= 15 is 0 Å². The van der Waals surface area contributed by atoms with Crippen LogP contribution >= 0.6 is 11.3 Å². The summed E-state index contributed by atoms with van der Waals surface area (Å²) in [5.74, 6) is 1.78. The molecule has 1 fully saturated rings. The minimum absolute atomic E-state index is 0.110. The van der Waals surface area contributed by atoms with Crippen LogP contribution in [0.4, 0.5) is 0 Å². The molecule has 1 aliphatic rings. The van der Waals surface area contributed by atoms with Gasteiger partial charge in [-0.1, -0.05) is 0 Å². The lowest BCUT2D eigenvalue weighted by Crippen LogP contribution is -2.39. The third kappa shape index (κ3) is 3.37. The fourth-order valence-electron chi connectivity index (χ4n) is 4.21. The molecule has 1 saturated heterocycles. The lowest BCUT2D eigenvalue weighted by atomic mass is 9.97. The Morgan fingerprint density at radius 2 is 1.97 bits per heavy atom. The monoisotopic (exact) mass is 433 g/mol. The van der Waals surface area contributed by atoms with E-state index in [1.165, 1.54) is 10.6 Å². The highest BCUT2D eigenvalue weighted by atomic mass is 32.2. The van der Waals surface area contributed by atoms with Gasteiger partial charge in [0.2, 0.25) is 10.0 Å². The van der Waals surface area contributed by atoms with Gasteiger partial charge in [-0.2, -0.15) is 4.31 Å². The Kier molecular flexibility index (Phi) is 5.21. The molecule has 1 aliphatic heterocycles. The van der Waals surface area contributed by atoms with Gasteiger partial charge in [-0.05, 0) is 64.3 Å². The zero-order chi connectivity index (χ0) is 20.9. The molecule has 1 unspecified atom stereocenters. The van der Waals surface area contributed by atoms with E-state index in [2.05, 4.69) is 18.2 Å². The maximum absolute atomic E-state index is 13.3. The van der Waals surface area contributed by atoms with Crippen LogP contribution in [0, 0.1) is 27.7 Å². The van der Waals surface area contributed by atoms with Gasteiger partial charge in [0.25, 0.3) is 0 Å². The van der Waals surface area contributed by atoms with Crippen molar-refractivity contribution in [3.63, 3.8) is 0 Å². The molecule has 8 heteroatoms. The van der Waals surface area contributed by atoms with E-state index in [9.17, 15) is 8.42 Å². The first-order valence-corrected chi connectivity index (χ1v) is 12.1. The topological polar surface area (TPSA) is 63.9 Å². The number of ether oxygens (including phenoxy) is 1. The zero-order valence-corrected chi connectivity index (χ0v) is 19.2. The van der Waals surface area contributed by atoms with Gasteiger partial charge in [0, 0.05) is 29.6 Å².